The van der Waals surface area contributed by atoms with Crippen LogP contribution < -0.4 is 0 Å². The van der Waals surface area contributed by atoms with Gasteiger partial charge in [0.15, 0.2) is 0 Å². The van der Waals surface area contributed by atoms with Crippen molar-refractivity contribution >= 4 is 5.97 Å². The van der Waals surface area contributed by atoms with E-state index in [1.54, 1.807) is 6.26 Å². The van der Waals surface area contributed by atoms with E-state index in [-0.39, 0.29) is 12.1 Å². The average Bonchev–Trinajstić information content (AvgIpc) is 2.01. The molecule has 0 saturated heterocycles. The summed E-state index contributed by atoms with van der Waals surface area (Å²) in [6.45, 7) is 3.88. The van der Waals surface area contributed by atoms with E-state index >= 15 is 0 Å². The Balaban J connectivity index is 2.25. The first kappa shape index (κ1) is 9.10. The zero-order valence-electron chi connectivity index (χ0n) is 7.45. The summed E-state index contributed by atoms with van der Waals surface area (Å²) in [6.07, 6.45) is 4.64. The first-order valence-corrected chi connectivity index (χ1v) is 4.14. The third kappa shape index (κ3) is 2.95. The molecule has 1 aliphatic rings. The highest BCUT2D eigenvalue weighted by Crippen LogP contribution is 2.16. The minimum absolute atomic E-state index is 0.0360. The summed E-state index contributed by atoms with van der Waals surface area (Å²) in [6, 6.07) is 0. The van der Waals surface area contributed by atoms with Crippen molar-refractivity contribution in [1.29, 1.82) is 0 Å². The monoisotopic (exact) mass is 170 g/mol. The van der Waals surface area contributed by atoms with Gasteiger partial charge in [0.05, 0.1) is 6.26 Å². The topological polar surface area (TPSA) is 35.5 Å². The summed E-state index contributed by atoms with van der Waals surface area (Å²) in [5.74, 6) is 0.264. The lowest BCUT2D eigenvalue weighted by Crippen LogP contribution is -2.24. The number of carbonyl (C=O) groups excluding carboxylic acids is 1. The number of hydrogen-bond acceptors (Lipinski definition) is 3. The second-order valence-electron chi connectivity index (χ2n) is 3.10. The van der Waals surface area contributed by atoms with Crippen LogP contribution >= 0.6 is 0 Å². The van der Waals surface area contributed by atoms with Crippen molar-refractivity contribution < 1.29 is 14.3 Å². The van der Waals surface area contributed by atoms with Gasteiger partial charge in [-0.15, -0.1) is 0 Å². The van der Waals surface area contributed by atoms with Crippen LogP contribution in [0.25, 0.3) is 0 Å². The quantitative estimate of drug-likeness (QED) is 0.589. The van der Waals surface area contributed by atoms with Crippen LogP contribution in [-0.2, 0) is 14.3 Å². The number of esters is 1. The Morgan fingerprint density at radius 2 is 2.50 bits per heavy atom. The number of hydrogen-bond donors (Lipinski definition) is 0. The van der Waals surface area contributed by atoms with Crippen molar-refractivity contribution in [1.82, 2.24) is 0 Å². The van der Waals surface area contributed by atoms with E-state index in [0.717, 1.165) is 6.42 Å². The summed E-state index contributed by atoms with van der Waals surface area (Å²) < 4.78 is 10.1. The molecule has 68 valence electrons. The second kappa shape index (κ2) is 4.14. The number of rotatable bonds is 2. The third-order valence-electron chi connectivity index (χ3n) is 1.79. The Morgan fingerprint density at radius 1 is 1.75 bits per heavy atom. The van der Waals surface area contributed by atoms with E-state index in [2.05, 4.69) is 6.92 Å². The first-order chi connectivity index (χ1) is 5.68. The lowest BCUT2D eigenvalue weighted by atomic mass is 10.0. The lowest BCUT2D eigenvalue weighted by Gasteiger charge is -2.22. The van der Waals surface area contributed by atoms with E-state index < -0.39 is 0 Å². The molecule has 0 amide bonds. The molecule has 0 radical (unpaired) electrons. The molecular formula is C9H14O3. The minimum Gasteiger partial charge on any atom is -0.495 e. The molecule has 0 N–H and O–H groups in total. The Bertz CT molecular complexity index is 186. The summed E-state index contributed by atoms with van der Waals surface area (Å²) in [7, 11) is 0. The molecule has 0 aromatic heterocycles. The molecule has 3 nitrogen and oxygen atoms in total. The van der Waals surface area contributed by atoms with E-state index in [1.165, 1.54) is 6.92 Å². The fraction of sp³-hybridized carbons (Fsp3) is 0.667. The molecule has 0 aromatic rings. The van der Waals surface area contributed by atoms with E-state index in [1.807, 2.05) is 6.08 Å². The van der Waals surface area contributed by atoms with E-state index in [9.17, 15) is 4.79 Å². The van der Waals surface area contributed by atoms with Crippen molar-refractivity contribution in [3.63, 3.8) is 0 Å². The Kier molecular flexibility index (Phi) is 3.14. The number of carbonyl (C=O) groups is 1. The van der Waals surface area contributed by atoms with Gasteiger partial charge in [0.25, 0.3) is 0 Å². The maximum Gasteiger partial charge on any atom is 0.302 e. The fourth-order valence-electron chi connectivity index (χ4n) is 1.16. The van der Waals surface area contributed by atoms with Crippen LogP contribution in [0.4, 0.5) is 0 Å². The van der Waals surface area contributed by atoms with Crippen LogP contribution in [0.3, 0.4) is 0 Å². The molecule has 3 heteroatoms. The summed E-state index contributed by atoms with van der Waals surface area (Å²) in [5.41, 5.74) is 0. The molecule has 0 aliphatic carbocycles. The zero-order chi connectivity index (χ0) is 8.97. The molecule has 0 spiro atoms. The molecule has 1 rings (SSSR count). The normalized spacial score (nSPS) is 27.8. The smallest absolute Gasteiger partial charge is 0.302 e. The van der Waals surface area contributed by atoms with E-state index in [0.29, 0.717) is 12.5 Å². The van der Waals surface area contributed by atoms with E-state index in [4.69, 9.17) is 9.47 Å². The Labute approximate surface area is 72.4 Å². The Morgan fingerprint density at radius 3 is 3.08 bits per heavy atom. The van der Waals surface area contributed by atoms with Crippen molar-refractivity contribution in [3.8, 4) is 0 Å². The molecule has 0 aromatic carbocycles. The van der Waals surface area contributed by atoms with Gasteiger partial charge in [0.2, 0.25) is 0 Å². The molecule has 0 fully saturated rings. The highest BCUT2D eigenvalue weighted by Gasteiger charge is 2.16. The van der Waals surface area contributed by atoms with Gasteiger partial charge in [-0.2, -0.15) is 0 Å². The lowest BCUT2D eigenvalue weighted by molar-refractivity contribution is -0.144. The van der Waals surface area contributed by atoms with Gasteiger partial charge in [-0.05, 0) is 18.4 Å². The van der Waals surface area contributed by atoms with Crippen molar-refractivity contribution in [2.45, 2.75) is 26.4 Å². The summed E-state index contributed by atoms with van der Waals surface area (Å²) in [4.78, 5) is 10.5. The standard InChI is InChI=1S/C9H14O3/c1-7-3-4-11-9(5-7)6-12-8(2)10/h3-4,7,9H,5-6H2,1-2H3. The molecule has 2 unspecified atom stereocenters. The predicted octanol–water partition coefficient (Wildman–Crippen LogP) is 1.49. The SMILES string of the molecule is CC(=O)OCC1CC(C)C=CO1. The average molecular weight is 170 g/mol. The van der Waals surface area contributed by atoms with Gasteiger partial charge >= 0.3 is 5.97 Å². The van der Waals surface area contributed by atoms with Crippen LogP contribution in [0, 0.1) is 5.92 Å². The maximum atomic E-state index is 10.5. The number of ether oxygens (including phenoxy) is 2. The zero-order valence-corrected chi connectivity index (χ0v) is 7.45. The first-order valence-electron chi connectivity index (χ1n) is 4.14. The molecule has 0 bridgehead atoms. The van der Waals surface area contributed by atoms with Crippen LogP contribution in [0.1, 0.15) is 20.3 Å². The van der Waals surface area contributed by atoms with Crippen LogP contribution in [0.15, 0.2) is 12.3 Å². The molecule has 12 heavy (non-hydrogen) atoms. The minimum atomic E-state index is -0.249. The van der Waals surface area contributed by atoms with Gasteiger partial charge in [-0.25, -0.2) is 0 Å². The van der Waals surface area contributed by atoms with Crippen molar-refractivity contribution in [2.24, 2.45) is 5.92 Å². The van der Waals surface area contributed by atoms with Gasteiger partial charge in [0.1, 0.15) is 12.7 Å². The summed E-state index contributed by atoms with van der Waals surface area (Å²) in [5, 5.41) is 0. The van der Waals surface area contributed by atoms with Gasteiger partial charge in [-0.3, -0.25) is 4.79 Å². The van der Waals surface area contributed by atoms with Gasteiger partial charge < -0.3 is 9.47 Å². The highest BCUT2D eigenvalue weighted by atomic mass is 16.6. The molecule has 0 saturated carbocycles. The summed E-state index contributed by atoms with van der Waals surface area (Å²) >= 11 is 0. The Hall–Kier alpha value is -0.990. The number of allylic oxidation sites excluding steroid dienone is 1. The predicted molar refractivity (Wildman–Crippen MR) is 44.4 cm³/mol. The van der Waals surface area contributed by atoms with Crippen molar-refractivity contribution in [3.05, 3.63) is 12.3 Å². The fourth-order valence-corrected chi connectivity index (χ4v) is 1.16. The molecule has 2 atom stereocenters. The second-order valence-corrected chi connectivity index (χ2v) is 3.10. The highest BCUT2D eigenvalue weighted by molar-refractivity contribution is 5.65. The third-order valence-corrected chi connectivity index (χ3v) is 1.79. The molecular weight excluding hydrogens is 156 g/mol. The van der Waals surface area contributed by atoms with Crippen LogP contribution in [0.2, 0.25) is 0 Å². The van der Waals surface area contributed by atoms with Crippen LogP contribution in [0.5, 0.6) is 0 Å². The van der Waals surface area contributed by atoms with Gasteiger partial charge in [0, 0.05) is 6.92 Å². The molecule has 1 aliphatic heterocycles. The maximum absolute atomic E-state index is 10.5. The van der Waals surface area contributed by atoms with Crippen molar-refractivity contribution in [2.75, 3.05) is 6.61 Å². The van der Waals surface area contributed by atoms with Crippen LogP contribution in [-0.4, -0.2) is 18.7 Å². The van der Waals surface area contributed by atoms with Gasteiger partial charge in [-0.1, -0.05) is 6.92 Å². The molecule has 1 heterocycles. The largest absolute Gasteiger partial charge is 0.495 e.